The van der Waals surface area contributed by atoms with Crippen molar-refractivity contribution in [2.45, 2.75) is 13.0 Å². The molecule has 1 aliphatic heterocycles. The van der Waals surface area contributed by atoms with E-state index in [2.05, 4.69) is 30.8 Å². The van der Waals surface area contributed by atoms with Gasteiger partial charge in [0.05, 0.1) is 28.3 Å². The van der Waals surface area contributed by atoms with E-state index in [0.29, 0.717) is 11.4 Å². The van der Waals surface area contributed by atoms with Gasteiger partial charge in [0, 0.05) is 27.9 Å². The van der Waals surface area contributed by atoms with Crippen LogP contribution in [0, 0.1) is 5.92 Å². The maximum absolute atomic E-state index is 13.2. The number of aliphatic imine (C=N–C) groups is 1. The zero-order valence-corrected chi connectivity index (χ0v) is 17.3. The largest absolute Gasteiger partial charge is 0.341 e. The van der Waals surface area contributed by atoms with Gasteiger partial charge in [0.1, 0.15) is 5.92 Å². The molecular formula is C22H18N6O2S. The maximum Gasteiger partial charge on any atom is 0.341 e. The highest BCUT2D eigenvalue weighted by atomic mass is 32.1. The van der Waals surface area contributed by atoms with E-state index in [0.717, 1.165) is 26.4 Å². The lowest BCUT2D eigenvalue weighted by Crippen LogP contribution is -2.45. The van der Waals surface area contributed by atoms with Crippen molar-refractivity contribution in [3.05, 3.63) is 65.8 Å². The third-order valence-electron chi connectivity index (χ3n) is 5.18. The fourth-order valence-electron chi connectivity index (χ4n) is 3.70. The van der Waals surface area contributed by atoms with Crippen LogP contribution in [0.5, 0.6) is 0 Å². The third-order valence-corrected chi connectivity index (χ3v) is 6.37. The molecule has 3 amide bonds. The number of rotatable bonds is 4. The van der Waals surface area contributed by atoms with Crippen LogP contribution in [0.4, 0.5) is 10.5 Å². The summed E-state index contributed by atoms with van der Waals surface area (Å²) in [6, 6.07) is 14.2. The Morgan fingerprint density at radius 1 is 1.16 bits per heavy atom. The zero-order chi connectivity index (χ0) is 21.4. The minimum absolute atomic E-state index is 0.234. The van der Waals surface area contributed by atoms with Crippen molar-refractivity contribution in [2.75, 3.05) is 5.32 Å². The van der Waals surface area contributed by atoms with Crippen molar-refractivity contribution in [2.24, 2.45) is 10.9 Å². The Labute approximate surface area is 181 Å². The highest BCUT2D eigenvalue weighted by Crippen LogP contribution is 2.36. The van der Waals surface area contributed by atoms with Crippen LogP contribution in [0.3, 0.4) is 0 Å². The van der Waals surface area contributed by atoms with Crippen molar-refractivity contribution >= 4 is 45.6 Å². The topological polar surface area (TPSA) is 112 Å². The van der Waals surface area contributed by atoms with Gasteiger partial charge < -0.3 is 10.6 Å². The Hall–Kier alpha value is -3.85. The summed E-state index contributed by atoms with van der Waals surface area (Å²) in [6.45, 7) is 1.71. The summed E-state index contributed by atoms with van der Waals surface area (Å²) >= 11 is 1.50. The average molecular weight is 430 g/mol. The summed E-state index contributed by atoms with van der Waals surface area (Å²) in [5, 5.41) is 13.6. The van der Waals surface area contributed by atoms with Gasteiger partial charge in [-0.25, -0.2) is 9.79 Å². The first-order valence-electron chi connectivity index (χ1n) is 9.69. The lowest BCUT2D eigenvalue weighted by molar-refractivity contribution is -0.118. The van der Waals surface area contributed by atoms with Gasteiger partial charge in [-0.3, -0.25) is 14.9 Å². The molecule has 5 rings (SSSR count). The van der Waals surface area contributed by atoms with E-state index in [1.807, 2.05) is 48.5 Å². The number of hydrogen-bond donors (Lipinski definition) is 3. The van der Waals surface area contributed by atoms with E-state index in [1.165, 1.54) is 11.3 Å². The van der Waals surface area contributed by atoms with Gasteiger partial charge in [-0.15, -0.1) is 11.3 Å². The minimum Gasteiger partial charge on any atom is -0.327 e. The number of pyridine rings is 1. The number of H-pyrrole nitrogens is 1. The number of urea groups is 1. The smallest absolute Gasteiger partial charge is 0.327 e. The number of benzene rings is 1. The molecular weight excluding hydrogens is 412 g/mol. The standard InChI is InChI=1S/C22H18N6O2S/c1-12-19(21(29)26-14-5-6-15-13(10-14)11-24-28-15)20(27-22(30)25-12)18-8-7-17(31-18)16-4-2-3-9-23-16/h2-11,19-20H,1H3,(H,24,28)(H,26,29)(H,27,30). The lowest BCUT2D eigenvalue weighted by atomic mass is 9.91. The first kappa shape index (κ1) is 19.1. The van der Waals surface area contributed by atoms with Gasteiger partial charge in [0.2, 0.25) is 5.91 Å². The number of carbonyl (C=O) groups excluding carboxylic acids is 2. The van der Waals surface area contributed by atoms with Crippen LogP contribution in [0.1, 0.15) is 17.8 Å². The molecule has 0 aliphatic carbocycles. The van der Waals surface area contributed by atoms with Gasteiger partial charge in [-0.1, -0.05) is 6.07 Å². The molecule has 2 unspecified atom stereocenters. The van der Waals surface area contributed by atoms with E-state index < -0.39 is 18.0 Å². The van der Waals surface area contributed by atoms with Gasteiger partial charge in [0.25, 0.3) is 0 Å². The van der Waals surface area contributed by atoms with Gasteiger partial charge >= 0.3 is 6.03 Å². The maximum atomic E-state index is 13.2. The zero-order valence-electron chi connectivity index (χ0n) is 16.5. The van der Waals surface area contributed by atoms with Crippen molar-refractivity contribution < 1.29 is 9.59 Å². The molecule has 0 saturated carbocycles. The minimum atomic E-state index is -0.632. The molecule has 4 aromatic rings. The number of amides is 3. The number of aromatic amines is 1. The SMILES string of the molecule is CC1=NC(=O)NC(c2ccc(-c3ccccn3)s2)C1C(=O)Nc1ccc2[nH]ncc2c1. The van der Waals surface area contributed by atoms with E-state index in [-0.39, 0.29) is 5.91 Å². The van der Waals surface area contributed by atoms with Crippen molar-refractivity contribution in [1.82, 2.24) is 20.5 Å². The van der Waals surface area contributed by atoms with Crippen LogP contribution in [-0.4, -0.2) is 32.8 Å². The monoisotopic (exact) mass is 430 g/mol. The van der Waals surface area contributed by atoms with Gasteiger partial charge in [-0.2, -0.15) is 5.10 Å². The number of nitrogens with zero attached hydrogens (tertiary/aromatic N) is 3. The Morgan fingerprint density at radius 3 is 2.90 bits per heavy atom. The van der Waals surface area contributed by atoms with Crippen LogP contribution in [-0.2, 0) is 4.79 Å². The normalized spacial score (nSPS) is 18.5. The summed E-state index contributed by atoms with van der Waals surface area (Å²) in [5.74, 6) is -0.866. The fraction of sp³-hybridized carbons (Fsp3) is 0.136. The first-order valence-corrected chi connectivity index (χ1v) is 10.5. The van der Waals surface area contributed by atoms with E-state index in [1.54, 1.807) is 19.3 Å². The molecule has 31 heavy (non-hydrogen) atoms. The predicted molar refractivity (Wildman–Crippen MR) is 120 cm³/mol. The Bertz CT molecular complexity index is 1310. The summed E-state index contributed by atoms with van der Waals surface area (Å²) in [7, 11) is 0. The molecule has 2 atom stereocenters. The molecule has 0 spiro atoms. The second-order valence-electron chi connectivity index (χ2n) is 7.24. The number of carbonyl (C=O) groups is 2. The Morgan fingerprint density at radius 2 is 2.06 bits per heavy atom. The molecule has 154 valence electrons. The van der Waals surface area contributed by atoms with E-state index in [4.69, 9.17) is 0 Å². The molecule has 0 bridgehead atoms. The van der Waals surface area contributed by atoms with Crippen LogP contribution in [0.2, 0.25) is 0 Å². The molecule has 0 fully saturated rings. The Balaban J connectivity index is 1.44. The van der Waals surface area contributed by atoms with Crippen LogP contribution < -0.4 is 10.6 Å². The number of thiophene rings is 1. The van der Waals surface area contributed by atoms with E-state index in [9.17, 15) is 9.59 Å². The molecule has 0 saturated heterocycles. The number of anilines is 1. The van der Waals surface area contributed by atoms with Crippen LogP contribution in [0.25, 0.3) is 21.5 Å². The third kappa shape index (κ3) is 3.71. The molecule has 8 nitrogen and oxygen atoms in total. The van der Waals surface area contributed by atoms with Crippen LogP contribution in [0.15, 0.2) is 65.9 Å². The average Bonchev–Trinajstić information content (AvgIpc) is 3.43. The van der Waals surface area contributed by atoms with Crippen molar-refractivity contribution in [3.63, 3.8) is 0 Å². The second-order valence-corrected chi connectivity index (χ2v) is 8.35. The highest BCUT2D eigenvalue weighted by Gasteiger charge is 2.37. The first-order chi connectivity index (χ1) is 15.1. The molecule has 1 aromatic carbocycles. The predicted octanol–water partition coefficient (Wildman–Crippen LogP) is 4.17. The van der Waals surface area contributed by atoms with Crippen molar-refractivity contribution in [1.29, 1.82) is 0 Å². The summed E-state index contributed by atoms with van der Waals surface area (Å²) in [5.41, 5.74) is 2.87. The second kappa shape index (κ2) is 7.77. The van der Waals surface area contributed by atoms with E-state index >= 15 is 0 Å². The highest BCUT2D eigenvalue weighted by molar-refractivity contribution is 7.15. The van der Waals surface area contributed by atoms with Gasteiger partial charge in [-0.05, 0) is 49.4 Å². The Kier molecular flexibility index (Phi) is 4.79. The molecule has 0 radical (unpaired) electrons. The summed E-state index contributed by atoms with van der Waals surface area (Å²) in [6.07, 6.45) is 3.44. The summed E-state index contributed by atoms with van der Waals surface area (Å²) in [4.78, 5) is 35.6. The number of fused-ring (bicyclic) bond motifs is 1. The quantitative estimate of drug-likeness (QED) is 0.451. The lowest BCUT2D eigenvalue weighted by Gasteiger charge is -2.29. The number of aromatic nitrogens is 3. The molecule has 3 N–H and O–H groups in total. The van der Waals surface area contributed by atoms with Crippen molar-refractivity contribution in [3.8, 4) is 10.6 Å². The summed E-state index contributed by atoms with van der Waals surface area (Å²) < 4.78 is 0. The molecule has 3 aromatic heterocycles. The van der Waals surface area contributed by atoms with Crippen LogP contribution >= 0.6 is 11.3 Å². The number of hydrogen-bond acceptors (Lipinski definition) is 5. The molecule has 4 heterocycles. The van der Waals surface area contributed by atoms with Gasteiger partial charge in [0.15, 0.2) is 0 Å². The molecule has 1 aliphatic rings. The number of nitrogens with one attached hydrogen (secondary N) is 3. The molecule has 9 heteroatoms. The fourth-order valence-corrected chi connectivity index (χ4v) is 4.78.